The number of thiocarbonyl (C=S) groups is 1. The molecule has 1 aromatic heterocycles. The van der Waals surface area contributed by atoms with Gasteiger partial charge in [0.05, 0.1) is 10.6 Å². The molecule has 0 atom stereocenters. The summed E-state index contributed by atoms with van der Waals surface area (Å²) in [5.74, 6) is -0.635. The fourth-order valence-corrected chi connectivity index (χ4v) is 3.53. The van der Waals surface area contributed by atoms with E-state index in [1.807, 2.05) is 0 Å². The molecule has 1 aliphatic heterocycles. The SMILES string of the molecule is O=C1NC(=S)N(c2ccc(Br)cc2)C(=O)/C1=C\c1ccc(-c2cccc([N+](=O)[O-])c2)o1. The lowest BCUT2D eigenvalue weighted by atomic mass is 10.1. The van der Waals surface area contributed by atoms with Gasteiger partial charge in [-0.15, -0.1) is 0 Å². The molecule has 1 aliphatic rings. The maximum absolute atomic E-state index is 13.0. The molecule has 2 heterocycles. The summed E-state index contributed by atoms with van der Waals surface area (Å²) in [6, 6.07) is 16.0. The fourth-order valence-electron chi connectivity index (χ4n) is 2.98. The largest absolute Gasteiger partial charge is 0.457 e. The molecule has 4 rings (SSSR count). The highest BCUT2D eigenvalue weighted by molar-refractivity contribution is 9.10. The Labute approximate surface area is 189 Å². The van der Waals surface area contributed by atoms with E-state index in [1.54, 1.807) is 48.5 Å². The van der Waals surface area contributed by atoms with Crippen LogP contribution in [0.15, 0.2) is 75.1 Å². The van der Waals surface area contributed by atoms with Crippen LogP contribution < -0.4 is 10.2 Å². The number of nitrogens with one attached hydrogen (secondary N) is 1. The number of non-ortho nitro benzene ring substituents is 1. The van der Waals surface area contributed by atoms with E-state index in [-0.39, 0.29) is 22.1 Å². The molecule has 0 saturated carbocycles. The van der Waals surface area contributed by atoms with Crippen LogP contribution in [0, 0.1) is 10.1 Å². The number of rotatable bonds is 4. The van der Waals surface area contributed by atoms with Crippen molar-refractivity contribution in [2.75, 3.05) is 4.90 Å². The van der Waals surface area contributed by atoms with Crippen molar-refractivity contribution in [3.63, 3.8) is 0 Å². The highest BCUT2D eigenvalue weighted by Crippen LogP contribution is 2.28. The number of carbonyl (C=O) groups excluding carboxylic acids is 2. The third kappa shape index (κ3) is 4.16. The number of carbonyl (C=O) groups is 2. The summed E-state index contributed by atoms with van der Waals surface area (Å²) in [5.41, 5.74) is 0.766. The zero-order valence-electron chi connectivity index (χ0n) is 15.6. The van der Waals surface area contributed by atoms with Crippen LogP contribution in [0.4, 0.5) is 11.4 Å². The molecule has 0 unspecified atom stereocenters. The number of hydrogen-bond acceptors (Lipinski definition) is 6. The standard InChI is InChI=1S/C21H12BrN3O5S/c22-13-4-6-14(7-5-13)24-20(27)17(19(26)23-21(24)31)11-16-8-9-18(30-16)12-2-1-3-15(10-12)25(28)29/h1-11H,(H,23,26,31)/b17-11-. The number of hydrogen-bond donors (Lipinski definition) is 1. The van der Waals surface area contributed by atoms with E-state index in [4.69, 9.17) is 16.6 Å². The van der Waals surface area contributed by atoms with Crippen LogP contribution in [0.5, 0.6) is 0 Å². The number of furan rings is 1. The maximum Gasteiger partial charge on any atom is 0.270 e. The average Bonchev–Trinajstić information content (AvgIpc) is 3.21. The molecule has 1 fully saturated rings. The molecule has 0 spiro atoms. The smallest absolute Gasteiger partial charge is 0.270 e. The van der Waals surface area contributed by atoms with E-state index in [0.717, 1.165) is 4.47 Å². The first-order valence-corrected chi connectivity index (χ1v) is 10.1. The summed E-state index contributed by atoms with van der Waals surface area (Å²) in [6.07, 6.45) is 1.31. The minimum atomic E-state index is -0.642. The predicted molar refractivity (Wildman–Crippen MR) is 121 cm³/mol. The monoisotopic (exact) mass is 497 g/mol. The van der Waals surface area contributed by atoms with Gasteiger partial charge in [0.2, 0.25) is 0 Å². The summed E-state index contributed by atoms with van der Waals surface area (Å²) < 4.78 is 6.53. The van der Waals surface area contributed by atoms with Gasteiger partial charge in [0.15, 0.2) is 5.11 Å². The molecular formula is C21H12BrN3O5S. The van der Waals surface area contributed by atoms with Gasteiger partial charge in [-0.1, -0.05) is 28.1 Å². The van der Waals surface area contributed by atoms with Crippen molar-refractivity contribution in [1.82, 2.24) is 5.32 Å². The van der Waals surface area contributed by atoms with E-state index in [0.29, 0.717) is 17.0 Å². The lowest BCUT2D eigenvalue weighted by Gasteiger charge is -2.28. The Kier molecular flexibility index (Phi) is 5.49. The zero-order chi connectivity index (χ0) is 22.1. The third-order valence-electron chi connectivity index (χ3n) is 4.44. The molecule has 1 N–H and O–H groups in total. The van der Waals surface area contributed by atoms with Crippen molar-refractivity contribution in [2.24, 2.45) is 0 Å². The Hall–Kier alpha value is -3.63. The van der Waals surface area contributed by atoms with Gasteiger partial charge in [-0.05, 0) is 54.7 Å². The van der Waals surface area contributed by atoms with Gasteiger partial charge in [-0.3, -0.25) is 29.9 Å². The maximum atomic E-state index is 13.0. The Morgan fingerprint density at radius 3 is 2.55 bits per heavy atom. The Morgan fingerprint density at radius 1 is 1.10 bits per heavy atom. The van der Waals surface area contributed by atoms with Gasteiger partial charge in [0.25, 0.3) is 17.5 Å². The quantitative estimate of drug-likeness (QED) is 0.187. The topological polar surface area (TPSA) is 106 Å². The van der Waals surface area contributed by atoms with Crippen LogP contribution in [0.25, 0.3) is 17.4 Å². The van der Waals surface area contributed by atoms with Crippen LogP contribution in [0.1, 0.15) is 5.76 Å². The van der Waals surface area contributed by atoms with Crippen molar-refractivity contribution in [2.45, 2.75) is 0 Å². The third-order valence-corrected chi connectivity index (χ3v) is 5.25. The van der Waals surface area contributed by atoms with Gasteiger partial charge >= 0.3 is 0 Å². The van der Waals surface area contributed by atoms with Crippen molar-refractivity contribution in [3.05, 3.63) is 86.6 Å². The summed E-state index contributed by atoms with van der Waals surface area (Å²) in [4.78, 5) is 37.1. The van der Waals surface area contributed by atoms with E-state index in [1.165, 1.54) is 23.1 Å². The predicted octanol–water partition coefficient (Wildman–Crippen LogP) is 4.45. The number of benzene rings is 2. The number of anilines is 1. The minimum absolute atomic E-state index is 0.0220. The second kappa shape index (κ2) is 8.25. The molecule has 0 bridgehead atoms. The Bertz CT molecular complexity index is 1270. The zero-order valence-corrected chi connectivity index (χ0v) is 18.0. The van der Waals surface area contributed by atoms with E-state index >= 15 is 0 Å². The number of amides is 2. The van der Waals surface area contributed by atoms with Gasteiger partial charge < -0.3 is 4.42 Å². The normalized spacial score (nSPS) is 15.3. The molecule has 2 amide bonds. The highest BCUT2D eigenvalue weighted by atomic mass is 79.9. The van der Waals surface area contributed by atoms with Crippen molar-refractivity contribution in [1.29, 1.82) is 0 Å². The second-order valence-corrected chi connectivity index (χ2v) is 7.75. The molecule has 31 heavy (non-hydrogen) atoms. The second-order valence-electron chi connectivity index (χ2n) is 6.44. The molecule has 0 radical (unpaired) electrons. The van der Waals surface area contributed by atoms with E-state index in [2.05, 4.69) is 21.2 Å². The molecule has 0 aliphatic carbocycles. The number of nitrogens with zero attached hydrogens (tertiary/aromatic N) is 2. The summed E-state index contributed by atoms with van der Waals surface area (Å²) in [5, 5.41) is 13.5. The molecule has 1 saturated heterocycles. The van der Waals surface area contributed by atoms with Crippen LogP contribution >= 0.6 is 28.1 Å². The van der Waals surface area contributed by atoms with Crippen LogP contribution in [-0.2, 0) is 9.59 Å². The van der Waals surface area contributed by atoms with Crippen molar-refractivity contribution in [3.8, 4) is 11.3 Å². The molecule has 2 aromatic carbocycles. The average molecular weight is 498 g/mol. The fraction of sp³-hybridized carbons (Fsp3) is 0. The van der Waals surface area contributed by atoms with Crippen LogP contribution in [0.2, 0.25) is 0 Å². The molecule has 3 aromatic rings. The first kappa shape index (κ1) is 20.6. The van der Waals surface area contributed by atoms with Gasteiger partial charge in [0.1, 0.15) is 17.1 Å². The summed E-state index contributed by atoms with van der Waals surface area (Å²) in [6.45, 7) is 0. The Morgan fingerprint density at radius 2 is 1.84 bits per heavy atom. The highest BCUT2D eigenvalue weighted by Gasteiger charge is 2.34. The first-order valence-electron chi connectivity index (χ1n) is 8.85. The molecule has 154 valence electrons. The lowest BCUT2D eigenvalue weighted by Crippen LogP contribution is -2.54. The van der Waals surface area contributed by atoms with E-state index < -0.39 is 16.7 Å². The Balaban J connectivity index is 1.66. The van der Waals surface area contributed by atoms with E-state index in [9.17, 15) is 19.7 Å². The van der Waals surface area contributed by atoms with Gasteiger partial charge in [-0.25, -0.2) is 0 Å². The summed E-state index contributed by atoms with van der Waals surface area (Å²) in [7, 11) is 0. The van der Waals surface area contributed by atoms with Gasteiger partial charge in [0, 0.05) is 22.2 Å². The molecule has 10 heteroatoms. The summed E-state index contributed by atoms with van der Waals surface area (Å²) >= 11 is 8.50. The van der Waals surface area contributed by atoms with Crippen LogP contribution in [-0.4, -0.2) is 21.9 Å². The first-order chi connectivity index (χ1) is 14.8. The van der Waals surface area contributed by atoms with Gasteiger partial charge in [-0.2, -0.15) is 0 Å². The minimum Gasteiger partial charge on any atom is -0.457 e. The van der Waals surface area contributed by atoms with Crippen molar-refractivity contribution < 1.29 is 18.9 Å². The lowest BCUT2D eigenvalue weighted by molar-refractivity contribution is -0.384. The molecule has 8 nitrogen and oxygen atoms in total. The molecular weight excluding hydrogens is 486 g/mol. The van der Waals surface area contributed by atoms with Crippen molar-refractivity contribution >= 4 is 62.5 Å². The number of halogens is 1. The van der Waals surface area contributed by atoms with Crippen LogP contribution in [0.3, 0.4) is 0 Å². The number of nitro groups is 1. The number of nitro benzene ring substituents is 1.